The van der Waals surface area contributed by atoms with Gasteiger partial charge in [-0.1, -0.05) is 54.6 Å². The van der Waals surface area contributed by atoms with Crippen molar-refractivity contribution >= 4 is 17.3 Å². The van der Waals surface area contributed by atoms with E-state index in [0.29, 0.717) is 4.88 Å². The first-order valence-electron chi connectivity index (χ1n) is 6.52. The lowest BCUT2D eigenvalue weighted by Gasteiger charge is -2.00. The topological polar surface area (TPSA) is 50.2 Å². The molecular formula is C17H13NO2S. The molecule has 3 rings (SSSR count). The van der Waals surface area contributed by atoms with E-state index < -0.39 is 5.97 Å². The molecule has 1 heterocycles. The Bertz CT molecular complexity index is 794. The van der Waals surface area contributed by atoms with Crippen LogP contribution in [0.15, 0.2) is 54.6 Å². The van der Waals surface area contributed by atoms with E-state index in [1.165, 1.54) is 11.3 Å². The predicted octanol–water partition coefficient (Wildman–Crippen LogP) is 4.48. The first kappa shape index (κ1) is 13.5. The molecule has 104 valence electrons. The lowest BCUT2D eigenvalue weighted by Crippen LogP contribution is -1.98. The number of carboxylic acid groups (broad SMARTS) is 1. The molecule has 1 aromatic heterocycles. The van der Waals surface area contributed by atoms with Crippen molar-refractivity contribution in [3.63, 3.8) is 0 Å². The molecule has 21 heavy (non-hydrogen) atoms. The molecule has 0 saturated heterocycles. The Morgan fingerprint density at radius 1 is 1.05 bits per heavy atom. The lowest BCUT2D eigenvalue weighted by atomic mass is 10.1. The first-order chi connectivity index (χ1) is 10.2. The minimum atomic E-state index is -0.995. The standard InChI is InChI=1S/C17H13NO2S/c1-11-7-5-6-10-13(11)16-18-14(17(19)20)15(21-16)12-8-3-2-4-9-12/h2-10H,1H3,(H,19,20). The molecule has 0 aliphatic carbocycles. The average Bonchev–Trinajstić information content (AvgIpc) is 2.94. The van der Waals surface area contributed by atoms with Crippen LogP contribution in [0.5, 0.6) is 0 Å². The molecule has 0 radical (unpaired) electrons. The molecule has 1 N–H and O–H groups in total. The number of hydrogen-bond acceptors (Lipinski definition) is 3. The van der Waals surface area contributed by atoms with Gasteiger partial charge in [0.15, 0.2) is 5.69 Å². The maximum atomic E-state index is 11.5. The van der Waals surface area contributed by atoms with Crippen LogP contribution in [0.4, 0.5) is 0 Å². The van der Waals surface area contributed by atoms with Crippen LogP contribution in [-0.4, -0.2) is 16.1 Å². The van der Waals surface area contributed by atoms with E-state index in [0.717, 1.165) is 21.7 Å². The number of aromatic carboxylic acids is 1. The third-order valence-corrected chi connectivity index (χ3v) is 4.38. The van der Waals surface area contributed by atoms with Crippen LogP contribution >= 0.6 is 11.3 Å². The molecular weight excluding hydrogens is 282 g/mol. The van der Waals surface area contributed by atoms with Crippen molar-refractivity contribution in [3.8, 4) is 21.0 Å². The van der Waals surface area contributed by atoms with Gasteiger partial charge < -0.3 is 5.11 Å². The lowest BCUT2D eigenvalue weighted by molar-refractivity contribution is 0.0692. The minimum absolute atomic E-state index is 0.115. The van der Waals surface area contributed by atoms with E-state index in [9.17, 15) is 9.90 Å². The Labute approximate surface area is 126 Å². The second-order valence-corrected chi connectivity index (χ2v) is 5.68. The summed E-state index contributed by atoms with van der Waals surface area (Å²) in [5, 5.41) is 10.1. The molecule has 0 unspecified atom stereocenters. The normalized spacial score (nSPS) is 10.5. The third-order valence-electron chi connectivity index (χ3n) is 3.24. The molecule has 4 heteroatoms. The predicted molar refractivity (Wildman–Crippen MR) is 84.7 cm³/mol. The Hall–Kier alpha value is -2.46. The van der Waals surface area contributed by atoms with Gasteiger partial charge in [0.1, 0.15) is 5.01 Å². The largest absolute Gasteiger partial charge is 0.476 e. The molecule has 3 nitrogen and oxygen atoms in total. The fourth-order valence-electron chi connectivity index (χ4n) is 2.18. The molecule has 0 spiro atoms. The zero-order valence-corrected chi connectivity index (χ0v) is 12.2. The van der Waals surface area contributed by atoms with Gasteiger partial charge in [0, 0.05) is 5.56 Å². The van der Waals surface area contributed by atoms with Gasteiger partial charge in [-0.25, -0.2) is 9.78 Å². The van der Waals surface area contributed by atoms with Gasteiger partial charge in [-0.15, -0.1) is 11.3 Å². The minimum Gasteiger partial charge on any atom is -0.476 e. The number of benzene rings is 2. The number of aromatic nitrogens is 1. The van der Waals surface area contributed by atoms with Crippen molar-refractivity contribution in [1.82, 2.24) is 4.98 Å². The Kier molecular flexibility index (Phi) is 3.54. The highest BCUT2D eigenvalue weighted by atomic mass is 32.1. The zero-order valence-electron chi connectivity index (χ0n) is 11.4. The molecule has 0 aliphatic rings. The number of thiazole rings is 1. The second kappa shape index (κ2) is 5.50. The molecule has 2 aromatic carbocycles. The first-order valence-corrected chi connectivity index (χ1v) is 7.34. The summed E-state index contributed by atoms with van der Waals surface area (Å²) >= 11 is 1.42. The molecule has 0 saturated carbocycles. The highest BCUT2D eigenvalue weighted by molar-refractivity contribution is 7.18. The zero-order chi connectivity index (χ0) is 14.8. The number of carbonyl (C=O) groups is 1. The summed E-state index contributed by atoms with van der Waals surface area (Å²) in [6.45, 7) is 2.00. The van der Waals surface area contributed by atoms with Crippen LogP contribution in [-0.2, 0) is 0 Å². The summed E-state index contributed by atoms with van der Waals surface area (Å²) in [7, 11) is 0. The van der Waals surface area contributed by atoms with Gasteiger partial charge in [-0.2, -0.15) is 0 Å². The van der Waals surface area contributed by atoms with Crippen LogP contribution < -0.4 is 0 Å². The van der Waals surface area contributed by atoms with Gasteiger partial charge in [0.25, 0.3) is 0 Å². The van der Waals surface area contributed by atoms with Crippen LogP contribution in [0.1, 0.15) is 16.1 Å². The number of rotatable bonds is 3. The maximum Gasteiger partial charge on any atom is 0.356 e. The number of carboxylic acids is 1. The summed E-state index contributed by atoms with van der Waals surface area (Å²) in [5.74, 6) is -0.995. The smallest absolute Gasteiger partial charge is 0.356 e. The fourth-order valence-corrected chi connectivity index (χ4v) is 3.33. The van der Waals surface area contributed by atoms with Gasteiger partial charge in [0.2, 0.25) is 0 Å². The summed E-state index contributed by atoms with van der Waals surface area (Å²) in [5.41, 5.74) is 3.06. The van der Waals surface area contributed by atoms with E-state index in [4.69, 9.17) is 0 Å². The van der Waals surface area contributed by atoms with Crippen LogP contribution in [0.3, 0.4) is 0 Å². The van der Waals surface area contributed by atoms with Gasteiger partial charge in [-0.05, 0) is 18.1 Å². The molecule has 0 aliphatic heterocycles. The quantitative estimate of drug-likeness (QED) is 0.775. The maximum absolute atomic E-state index is 11.5. The number of hydrogen-bond donors (Lipinski definition) is 1. The van der Waals surface area contributed by atoms with Crippen molar-refractivity contribution in [2.24, 2.45) is 0 Å². The van der Waals surface area contributed by atoms with Crippen molar-refractivity contribution < 1.29 is 9.90 Å². The molecule has 3 aromatic rings. The van der Waals surface area contributed by atoms with Gasteiger partial charge in [0.05, 0.1) is 4.88 Å². The van der Waals surface area contributed by atoms with E-state index in [-0.39, 0.29) is 5.69 Å². The fraction of sp³-hybridized carbons (Fsp3) is 0.0588. The number of aryl methyl sites for hydroxylation is 1. The van der Waals surface area contributed by atoms with Crippen molar-refractivity contribution in [1.29, 1.82) is 0 Å². The third kappa shape index (κ3) is 2.58. The average molecular weight is 295 g/mol. The summed E-state index contributed by atoms with van der Waals surface area (Å²) in [6.07, 6.45) is 0. The van der Waals surface area contributed by atoms with Gasteiger partial charge in [-0.3, -0.25) is 0 Å². The highest BCUT2D eigenvalue weighted by Crippen LogP contribution is 2.36. The van der Waals surface area contributed by atoms with Crippen molar-refractivity contribution in [3.05, 3.63) is 65.9 Å². The molecule has 0 bridgehead atoms. The van der Waals surface area contributed by atoms with Gasteiger partial charge >= 0.3 is 5.97 Å². The molecule has 0 fully saturated rings. The van der Waals surface area contributed by atoms with E-state index in [2.05, 4.69) is 4.98 Å². The number of nitrogens with zero attached hydrogens (tertiary/aromatic N) is 1. The monoisotopic (exact) mass is 295 g/mol. The Balaban J connectivity index is 2.18. The SMILES string of the molecule is Cc1ccccc1-c1nc(C(=O)O)c(-c2ccccc2)s1. The van der Waals surface area contributed by atoms with Crippen LogP contribution in [0.25, 0.3) is 21.0 Å². The molecule has 0 amide bonds. The van der Waals surface area contributed by atoms with E-state index in [1.54, 1.807) is 0 Å². The Morgan fingerprint density at radius 2 is 1.71 bits per heavy atom. The summed E-state index contributed by atoms with van der Waals surface area (Å²) < 4.78 is 0. The summed E-state index contributed by atoms with van der Waals surface area (Å²) in [4.78, 5) is 16.5. The highest BCUT2D eigenvalue weighted by Gasteiger charge is 2.19. The van der Waals surface area contributed by atoms with E-state index in [1.807, 2.05) is 61.5 Å². The van der Waals surface area contributed by atoms with Crippen molar-refractivity contribution in [2.75, 3.05) is 0 Å². The van der Waals surface area contributed by atoms with E-state index >= 15 is 0 Å². The Morgan fingerprint density at radius 3 is 2.38 bits per heavy atom. The van der Waals surface area contributed by atoms with Crippen molar-refractivity contribution in [2.45, 2.75) is 6.92 Å². The second-order valence-electron chi connectivity index (χ2n) is 4.68. The molecule has 0 atom stereocenters. The van der Waals surface area contributed by atoms with Crippen LogP contribution in [0, 0.1) is 6.92 Å². The van der Waals surface area contributed by atoms with Crippen LogP contribution in [0.2, 0.25) is 0 Å². The summed E-state index contributed by atoms with van der Waals surface area (Å²) in [6, 6.07) is 17.4.